The fraction of sp³-hybridized carbons (Fsp3) is 0.154. The van der Waals surface area contributed by atoms with Gasteiger partial charge in [-0.2, -0.15) is 0 Å². The number of benzene rings is 1. The van der Waals surface area contributed by atoms with Gasteiger partial charge in [-0.25, -0.2) is 19.2 Å². The number of esters is 1. The minimum atomic E-state index is -0.757. The second kappa shape index (κ2) is 6.24. The Morgan fingerprint density at radius 1 is 1.38 bits per heavy atom. The lowest BCUT2D eigenvalue weighted by Crippen LogP contribution is -2.11. The molecule has 5 nitrogen and oxygen atoms in total. The van der Waals surface area contributed by atoms with Gasteiger partial charge in [0, 0.05) is 5.02 Å². The lowest BCUT2D eigenvalue weighted by molar-refractivity contribution is 0.0519. The van der Waals surface area contributed by atoms with E-state index in [0.717, 1.165) is 6.07 Å². The maximum absolute atomic E-state index is 13.9. The van der Waals surface area contributed by atoms with Crippen LogP contribution in [0.4, 0.5) is 10.2 Å². The van der Waals surface area contributed by atoms with Crippen LogP contribution in [0.15, 0.2) is 18.2 Å². The molecular weight excluding hydrogens is 320 g/mol. The summed E-state index contributed by atoms with van der Waals surface area (Å²) < 4.78 is 18.7. The van der Waals surface area contributed by atoms with Crippen LogP contribution in [0.1, 0.15) is 17.4 Å². The van der Waals surface area contributed by atoms with Gasteiger partial charge in [-0.15, -0.1) is 0 Å². The Morgan fingerprint density at radius 2 is 2.10 bits per heavy atom. The Hall–Kier alpha value is -1.92. The van der Waals surface area contributed by atoms with E-state index in [0.29, 0.717) is 0 Å². The Kier molecular flexibility index (Phi) is 4.59. The number of hydrogen-bond acceptors (Lipinski definition) is 5. The third-order valence-corrected chi connectivity index (χ3v) is 3.13. The Labute approximate surface area is 129 Å². The highest BCUT2D eigenvalue weighted by molar-refractivity contribution is 6.35. The summed E-state index contributed by atoms with van der Waals surface area (Å²) in [6.07, 6.45) is 0. The first-order chi connectivity index (χ1) is 9.93. The van der Waals surface area contributed by atoms with Crippen molar-refractivity contribution in [2.45, 2.75) is 6.92 Å². The summed E-state index contributed by atoms with van der Waals surface area (Å²) in [6, 6.07) is 3.96. The smallest absolute Gasteiger partial charge is 0.358 e. The minimum absolute atomic E-state index is 0.0494. The number of aromatic nitrogens is 2. The van der Waals surface area contributed by atoms with E-state index < -0.39 is 11.8 Å². The van der Waals surface area contributed by atoms with Crippen LogP contribution in [0.25, 0.3) is 11.4 Å². The number of hydrogen-bond donors (Lipinski definition) is 1. The molecule has 0 fully saturated rings. The SMILES string of the molecule is CCOC(=O)c1nc(-c2ccc(Cl)cc2F)nc(N)c1Cl. The topological polar surface area (TPSA) is 78.1 Å². The molecule has 1 heterocycles. The number of ether oxygens (including phenoxy) is 1. The zero-order chi connectivity index (χ0) is 15.6. The van der Waals surface area contributed by atoms with Gasteiger partial charge in [-0.05, 0) is 25.1 Å². The van der Waals surface area contributed by atoms with Crippen molar-refractivity contribution in [3.8, 4) is 11.4 Å². The molecule has 2 aromatic rings. The van der Waals surface area contributed by atoms with Gasteiger partial charge in [0.05, 0.1) is 12.2 Å². The molecule has 0 unspecified atom stereocenters. The summed E-state index contributed by atoms with van der Waals surface area (Å²) in [6.45, 7) is 1.78. The number of carbonyl (C=O) groups is 1. The lowest BCUT2D eigenvalue weighted by atomic mass is 10.2. The van der Waals surface area contributed by atoms with E-state index in [9.17, 15) is 9.18 Å². The number of nitrogens with zero attached hydrogens (tertiary/aromatic N) is 2. The van der Waals surface area contributed by atoms with E-state index >= 15 is 0 Å². The van der Waals surface area contributed by atoms with Crippen LogP contribution in [-0.2, 0) is 4.74 Å². The molecule has 1 aromatic heterocycles. The van der Waals surface area contributed by atoms with E-state index in [1.54, 1.807) is 6.92 Å². The van der Waals surface area contributed by atoms with Crippen molar-refractivity contribution in [3.63, 3.8) is 0 Å². The predicted molar refractivity (Wildman–Crippen MR) is 77.8 cm³/mol. The molecule has 8 heteroatoms. The van der Waals surface area contributed by atoms with Crippen molar-refractivity contribution < 1.29 is 13.9 Å². The third kappa shape index (κ3) is 3.22. The predicted octanol–water partition coefficient (Wildman–Crippen LogP) is 3.35. The third-order valence-electron chi connectivity index (χ3n) is 2.52. The summed E-state index contributed by atoms with van der Waals surface area (Å²) in [5, 5.41) is 0.0929. The standard InChI is InChI=1S/C13H10Cl2FN3O2/c1-2-21-13(20)10-9(15)11(17)19-12(18-10)7-4-3-6(14)5-8(7)16/h3-5H,2H2,1H3,(H2,17,18,19). The van der Waals surface area contributed by atoms with Crippen LogP contribution >= 0.6 is 23.2 Å². The quantitative estimate of drug-likeness (QED) is 0.873. The molecule has 0 radical (unpaired) electrons. The number of carbonyl (C=O) groups excluding carboxylic acids is 1. The van der Waals surface area contributed by atoms with E-state index in [4.69, 9.17) is 33.7 Å². The number of nitrogen functional groups attached to an aromatic ring is 1. The Bertz CT molecular complexity index is 710. The molecule has 0 amide bonds. The number of halogens is 3. The van der Waals surface area contributed by atoms with Crippen LogP contribution in [0, 0.1) is 5.82 Å². The number of nitrogens with two attached hydrogens (primary N) is 1. The summed E-state index contributed by atoms with van der Waals surface area (Å²) in [5.41, 5.74) is 5.47. The molecule has 0 aliphatic carbocycles. The maximum atomic E-state index is 13.9. The first kappa shape index (κ1) is 15.5. The average molecular weight is 330 g/mol. The molecule has 2 N–H and O–H groups in total. The molecule has 110 valence electrons. The van der Waals surface area contributed by atoms with Crippen molar-refractivity contribution in [1.82, 2.24) is 9.97 Å². The maximum Gasteiger partial charge on any atom is 0.358 e. The van der Waals surface area contributed by atoms with Crippen LogP contribution in [0.3, 0.4) is 0 Å². The molecule has 2 rings (SSSR count). The molecule has 1 aromatic carbocycles. The van der Waals surface area contributed by atoms with Gasteiger partial charge in [-0.3, -0.25) is 0 Å². The second-order valence-corrected chi connectivity index (χ2v) is 4.75. The molecule has 0 aliphatic heterocycles. The second-order valence-electron chi connectivity index (χ2n) is 3.94. The molecule has 0 bridgehead atoms. The summed E-state index contributed by atoms with van der Waals surface area (Å²) in [5.74, 6) is -1.61. The first-order valence-corrected chi connectivity index (χ1v) is 6.65. The van der Waals surface area contributed by atoms with Gasteiger partial charge in [0.1, 0.15) is 16.7 Å². The molecular formula is C13H10Cl2FN3O2. The molecule has 0 spiro atoms. The minimum Gasteiger partial charge on any atom is -0.461 e. The van der Waals surface area contributed by atoms with E-state index in [1.165, 1.54) is 12.1 Å². The molecule has 21 heavy (non-hydrogen) atoms. The van der Waals surface area contributed by atoms with Crippen LogP contribution in [0.2, 0.25) is 10.0 Å². The fourth-order valence-corrected chi connectivity index (χ4v) is 1.91. The van der Waals surface area contributed by atoms with Gasteiger partial charge in [0.25, 0.3) is 0 Å². The molecule has 0 saturated carbocycles. The van der Waals surface area contributed by atoms with E-state index in [2.05, 4.69) is 9.97 Å². The number of rotatable bonds is 3. The normalized spacial score (nSPS) is 10.5. The van der Waals surface area contributed by atoms with Crippen molar-refractivity contribution in [3.05, 3.63) is 39.8 Å². The highest BCUT2D eigenvalue weighted by Crippen LogP contribution is 2.27. The highest BCUT2D eigenvalue weighted by Gasteiger charge is 2.20. The van der Waals surface area contributed by atoms with Crippen molar-refractivity contribution in [2.24, 2.45) is 0 Å². The van der Waals surface area contributed by atoms with Crippen LogP contribution < -0.4 is 5.73 Å². The Morgan fingerprint density at radius 3 is 2.71 bits per heavy atom. The zero-order valence-electron chi connectivity index (χ0n) is 10.9. The highest BCUT2D eigenvalue weighted by atomic mass is 35.5. The van der Waals surface area contributed by atoms with Crippen LogP contribution in [0.5, 0.6) is 0 Å². The number of anilines is 1. The molecule has 0 atom stereocenters. The van der Waals surface area contributed by atoms with Gasteiger partial charge in [-0.1, -0.05) is 23.2 Å². The van der Waals surface area contributed by atoms with Crippen molar-refractivity contribution >= 4 is 35.0 Å². The van der Waals surface area contributed by atoms with Gasteiger partial charge >= 0.3 is 5.97 Å². The van der Waals surface area contributed by atoms with Crippen molar-refractivity contribution in [1.29, 1.82) is 0 Å². The molecule has 0 aliphatic rings. The monoisotopic (exact) mass is 329 g/mol. The summed E-state index contributed by atoms with van der Waals surface area (Å²) in [7, 11) is 0. The van der Waals surface area contributed by atoms with E-state index in [1.807, 2.05) is 0 Å². The Balaban J connectivity index is 2.57. The summed E-state index contributed by atoms with van der Waals surface area (Å²) in [4.78, 5) is 19.6. The lowest BCUT2D eigenvalue weighted by Gasteiger charge is -2.09. The average Bonchev–Trinajstić information content (AvgIpc) is 2.42. The zero-order valence-corrected chi connectivity index (χ0v) is 12.4. The van der Waals surface area contributed by atoms with Gasteiger partial charge in [0.2, 0.25) is 0 Å². The van der Waals surface area contributed by atoms with Crippen LogP contribution in [-0.4, -0.2) is 22.5 Å². The summed E-state index contributed by atoms with van der Waals surface area (Å²) >= 11 is 11.6. The largest absolute Gasteiger partial charge is 0.461 e. The van der Waals surface area contributed by atoms with Gasteiger partial charge < -0.3 is 10.5 Å². The first-order valence-electron chi connectivity index (χ1n) is 5.89. The van der Waals surface area contributed by atoms with Crippen molar-refractivity contribution in [2.75, 3.05) is 12.3 Å². The fourth-order valence-electron chi connectivity index (χ4n) is 1.59. The van der Waals surface area contributed by atoms with Gasteiger partial charge in [0.15, 0.2) is 11.5 Å². The van der Waals surface area contributed by atoms with E-state index in [-0.39, 0.29) is 39.6 Å². The molecule has 0 saturated heterocycles.